The van der Waals surface area contributed by atoms with Gasteiger partial charge in [0.15, 0.2) is 0 Å². The van der Waals surface area contributed by atoms with Crippen molar-refractivity contribution < 1.29 is 18.7 Å². The highest BCUT2D eigenvalue weighted by atomic mass is 19.1. The molecule has 196 valence electrons. The number of hydrogen-bond donors (Lipinski definition) is 2. The molecule has 2 aromatic carbocycles. The maximum atomic E-state index is 13.9. The second-order valence-electron chi connectivity index (χ2n) is 7.89. The summed E-state index contributed by atoms with van der Waals surface area (Å²) < 4.78 is 25.3. The minimum Gasteiger partial charge on any atom is -0.496 e. The van der Waals surface area contributed by atoms with Crippen molar-refractivity contribution in [3.8, 4) is 17.2 Å². The van der Waals surface area contributed by atoms with E-state index in [0.29, 0.717) is 45.3 Å². The molecule has 1 aromatic heterocycles. The topological polar surface area (TPSA) is 84.8 Å². The van der Waals surface area contributed by atoms with Crippen molar-refractivity contribution in [2.75, 3.05) is 19.5 Å². The molecule has 0 bridgehead atoms. The number of halogens is 1. The number of methoxy groups -OCH3 is 1. The van der Waals surface area contributed by atoms with E-state index in [9.17, 15) is 9.18 Å². The van der Waals surface area contributed by atoms with Crippen LogP contribution in [0.25, 0.3) is 0 Å². The Labute approximate surface area is 218 Å². The molecule has 7 nitrogen and oxygen atoms in total. The number of aryl methyl sites for hydroxylation is 1. The molecule has 8 heteroatoms. The van der Waals surface area contributed by atoms with E-state index in [1.807, 2.05) is 33.8 Å². The number of benzene rings is 2. The lowest BCUT2D eigenvalue weighted by atomic mass is 10.1. The largest absolute Gasteiger partial charge is 0.496 e. The molecule has 0 saturated heterocycles. The van der Waals surface area contributed by atoms with Crippen LogP contribution in [0.5, 0.6) is 17.2 Å². The summed E-state index contributed by atoms with van der Waals surface area (Å²) in [4.78, 5) is 21.2. The molecule has 0 aliphatic rings. The molecule has 0 aliphatic carbocycles. The zero-order valence-electron chi connectivity index (χ0n) is 22.5. The summed E-state index contributed by atoms with van der Waals surface area (Å²) in [6, 6.07) is 11.5. The zero-order valence-corrected chi connectivity index (χ0v) is 22.5. The van der Waals surface area contributed by atoms with Crippen LogP contribution in [0.4, 0.5) is 10.2 Å². The van der Waals surface area contributed by atoms with Crippen molar-refractivity contribution in [1.29, 1.82) is 0 Å². The number of aliphatic imine (C=N–C) groups is 1. The van der Waals surface area contributed by atoms with Crippen LogP contribution in [0.15, 0.2) is 65.4 Å². The number of aromatic nitrogens is 1. The maximum Gasteiger partial charge on any atom is 0.251 e. The predicted octanol–water partition coefficient (Wildman–Crippen LogP) is 6.61. The fourth-order valence-corrected chi connectivity index (χ4v) is 3.56. The first kappa shape index (κ1) is 29.0. The number of hydrogen-bond acceptors (Lipinski definition) is 6. The Balaban J connectivity index is 0.00000235. The molecule has 0 aliphatic heterocycles. The fraction of sp³-hybridized carbons (Fsp3) is 0.276. The van der Waals surface area contributed by atoms with E-state index in [1.54, 1.807) is 56.7 Å². The number of nitrogens with zero attached hydrogens (tertiary/aromatic N) is 2. The molecule has 1 heterocycles. The van der Waals surface area contributed by atoms with Gasteiger partial charge >= 0.3 is 0 Å². The first-order valence-electron chi connectivity index (χ1n) is 12.0. The first-order chi connectivity index (χ1) is 17.8. The Morgan fingerprint density at radius 1 is 1.16 bits per heavy atom. The minimum absolute atomic E-state index is 0.125. The van der Waals surface area contributed by atoms with Gasteiger partial charge in [-0.25, -0.2) is 9.37 Å². The van der Waals surface area contributed by atoms with Gasteiger partial charge in [0.25, 0.3) is 5.91 Å². The van der Waals surface area contributed by atoms with Crippen molar-refractivity contribution in [2.45, 2.75) is 41.2 Å². The van der Waals surface area contributed by atoms with Crippen LogP contribution in [0.2, 0.25) is 0 Å². The second-order valence-corrected chi connectivity index (χ2v) is 7.89. The standard InChI is InChI=1S/C27H29FN4O3.C2H6/c1-17-13-21(28)14-20(26(17)34-5)16-31-27(33)23-7-6-8-24(19(23)3)35-22-10-12-30-25(15-22)32-18(2)9-11-29-4;1-2/h6-15H,16H2,1-5H3,(H,30,32)(H,31,33);1-2H3/b18-9+,29-11?;. The first-order valence-corrected chi connectivity index (χ1v) is 12.0. The van der Waals surface area contributed by atoms with Crippen LogP contribution >= 0.6 is 0 Å². The quantitative estimate of drug-likeness (QED) is 0.319. The van der Waals surface area contributed by atoms with Gasteiger partial charge in [-0.15, -0.1) is 0 Å². The van der Waals surface area contributed by atoms with Crippen LogP contribution in [0, 0.1) is 19.7 Å². The van der Waals surface area contributed by atoms with Crippen molar-refractivity contribution in [3.63, 3.8) is 0 Å². The van der Waals surface area contributed by atoms with Crippen molar-refractivity contribution in [3.05, 3.63) is 88.5 Å². The summed E-state index contributed by atoms with van der Waals surface area (Å²) >= 11 is 0. The summed E-state index contributed by atoms with van der Waals surface area (Å²) in [5, 5.41) is 6.02. The molecule has 0 unspecified atom stereocenters. The maximum absolute atomic E-state index is 13.9. The summed E-state index contributed by atoms with van der Waals surface area (Å²) in [5.41, 5.74) is 3.24. The number of anilines is 1. The molecule has 0 radical (unpaired) electrons. The van der Waals surface area contributed by atoms with Gasteiger partial charge in [-0.2, -0.15) is 0 Å². The summed E-state index contributed by atoms with van der Waals surface area (Å²) in [6.45, 7) is 9.60. The smallest absolute Gasteiger partial charge is 0.251 e. The van der Waals surface area contributed by atoms with Crippen molar-refractivity contribution >= 4 is 17.9 Å². The van der Waals surface area contributed by atoms with E-state index < -0.39 is 0 Å². The highest BCUT2D eigenvalue weighted by Crippen LogP contribution is 2.29. The lowest BCUT2D eigenvalue weighted by Crippen LogP contribution is -2.24. The molecule has 0 spiro atoms. The number of carbonyl (C=O) groups excluding carboxylic acids is 1. The van der Waals surface area contributed by atoms with Gasteiger partial charge < -0.3 is 20.1 Å². The Morgan fingerprint density at radius 3 is 2.62 bits per heavy atom. The average Bonchev–Trinajstić information content (AvgIpc) is 2.88. The van der Waals surface area contributed by atoms with E-state index in [-0.39, 0.29) is 18.3 Å². The molecule has 1 amide bonds. The fourth-order valence-electron chi connectivity index (χ4n) is 3.56. The monoisotopic (exact) mass is 506 g/mol. The molecule has 0 fully saturated rings. The highest BCUT2D eigenvalue weighted by molar-refractivity contribution is 5.96. The Morgan fingerprint density at radius 2 is 1.92 bits per heavy atom. The van der Waals surface area contributed by atoms with Crippen molar-refractivity contribution in [1.82, 2.24) is 10.3 Å². The molecule has 37 heavy (non-hydrogen) atoms. The highest BCUT2D eigenvalue weighted by Gasteiger charge is 2.15. The van der Waals surface area contributed by atoms with Crippen LogP contribution < -0.4 is 20.1 Å². The molecule has 0 saturated carbocycles. The zero-order chi connectivity index (χ0) is 27.4. The number of nitrogens with one attached hydrogen (secondary N) is 2. The number of pyridine rings is 1. The van der Waals surface area contributed by atoms with Crippen LogP contribution in [0.1, 0.15) is 47.8 Å². The molecule has 3 rings (SSSR count). The van der Waals surface area contributed by atoms with Crippen LogP contribution in [0.3, 0.4) is 0 Å². The third-order valence-electron chi connectivity index (χ3n) is 5.25. The normalized spacial score (nSPS) is 11.0. The van der Waals surface area contributed by atoms with Gasteiger partial charge in [-0.05, 0) is 62.7 Å². The number of rotatable bonds is 9. The van der Waals surface area contributed by atoms with Crippen LogP contribution in [-0.2, 0) is 6.54 Å². The summed E-state index contributed by atoms with van der Waals surface area (Å²) in [7, 11) is 3.22. The Kier molecular flexibility index (Phi) is 11.3. The number of allylic oxidation sites excluding steroid dienone is 2. The van der Waals surface area contributed by atoms with E-state index in [2.05, 4.69) is 20.6 Å². The molecule has 3 aromatic rings. The van der Waals surface area contributed by atoms with Gasteiger partial charge in [-0.1, -0.05) is 19.9 Å². The van der Waals surface area contributed by atoms with E-state index in [0.717, 1.165) is 5.70 Å². The van der Waals surface area contributed by atoms with Gasteiger partial charge in [0.1, 0.15) is 28.9 Å². The lowest BCUT2D eigenvalue weighted by Gasteiger charge is -2.15. The lowest BCUT2D eigenvalue weighted by molar-refractivity contribution is 0.0949. The second kappa shape index (κ2) is 14.4. The van der Waals surface area contributed by atoms with E-state index >= 15 is 0 Å². The van der Waals surface area contributed by atoms with Gasteiger partial charge in [0.05, 0.1) is 7.11 Å². The van der Waals surface area contributed by atoms with Gasteiger partial charge in [-0.3, -0.25) is 9.79 Å². The number of carbonyl (C=O) groups is 1. The average molecular weight is 507 g/mol. The van der Waals surface area contributed by atoms with Crippen LogP contribution in [-0.4, -0.2) is 31.3 Å². The Hall–Kier alpha value is -4.20. The molecule has 2 N–H and O–H groups in total. The number of ether oxygens (including phenoxy) is 2. The molecular weight excluding hydrogens is 471 g/mol. The van der Waals surface area contributed by atoms with E-state index in [1.165, 1.54) is 19.2 Å². The predicted molar refractivity (Wildman–Crippen MR) is 147 cm³/mol. The minimum atomic E-state index is -0.380. The molecular formula is C29H35FN4O3. The summed E-state index contributed by atoms with van der Waals surface area (Å²) in [5.74, 6) is 1.60. The SMILES string of the molecule is CC.CN=C/C=C(\C)Nc1cc(Oc2cccc(C(=O)NCc3cc(F)cc(C)c3OC)c2C)ccn1. The van der Waals surface area contributed by atoms with Gasteiger partial charge in [0.2, 0.25) is 0 Å². The molecule has 0 atom stereocenters. The van der Waals surface area contributed by atoms with Crippen molar-refractivity contribution in [2.24, 2.45) is 4.99 Å². The number of amides is 1. The third kappa shape index (κ3) is 8.17. The Bertz CT molecular complexity index is 1270. The third-order valence-corrected chi connectivity index (χ3v) is 5.25. The van der Waals surface area contributed by atoms with Gasteiger partial charge in [0, 0.05) is 54.5 Å². The van der Waals surface area contributed by atoms with E-state index in [4.69, 9.17) is 9.47 Å². The summed E-state index contributed by atoms with van der Waals surface area (Å²) in [6.07, 6.45) is 5.16.